The molecule has 0 saturated heterocycles. The molecule has 136 valence electrons. The van der Waals surface area contributed by atoms with Gasteiger partial charge in [0.15, 0.2) is 5.12 Å². The van der Waals surface area contributed by atoms with Crippen LogP contribution in [0.15, 0.2) is 42.5 Å². The van der Waals surface area contributed by atoms with Gasteiger partial charge in [-0.05, 0) is 35.7 Å². The third-order valence-corrected chi connectivity index (χ3v) is 4.83. The Labute approximate surface area is 160 Å². The van der Waals surface area contributed by atoms with Crippen LogP contribution in [0.2, 0.25) is 5.02 Å². The highest BCUT2D eigenvalue weighted by atomic mass is 35.5. The number of anilines is 1. The molecule has 0 unspecified atom stereocenters. The zero-order valence-electron chi connectivity index (χ0n) is 14.1. The number of benzene rings is 2. The van der Waals surface area contributed by atoms with Gasteiger partial charge in [-0.2, -0.15) is 0 Å². The molecule has 0 aliphatic heterocycles. The molecular weight excluding hydrogens is 374 g/mol. The first kappa shape index (κ1) is 20.0. The molecule has 1 amide bonds. The summed E-state index contributed by atoms with van der Waals surface area (Å²) in [5.41, 5.74) is 2.50. The highest BCUT2D eigenvalue weighted by Gasteiger charge is 2.11. The third-order valence-electron chi connectivity index (χ3n) is 3.65. The molecule has 26 heavy (non-hydrogen) atoms. The lowest BCUT2D eigenvalue weighted by Crippen LogP contribution is -2.13. The monoisotopic (exact) mass is 391 g/mol. The van der Waals surface area contributed by atoms with Crippen molar-refractivity contribution in [2.45, 2.75) is 25.5 Å². The molecule has 2 aromatic carbocycles. The number of amides is 1. The minimum atomic E-state index is -1.12. The maximum absolute atomic E-state index is 12.2. The topological polar surface area (TPSA) is 83.5 Å². The van der Waals surface area contributed by atoms with Crippen molar-refractivity contribution in [1.29, 1.82) is 0 Å². The van der Waals surface area contributed by atoms with Crippen LogP contribution in [0.3, 0.4) is 0 Å². The van der Waals surface area contributed by atoms with Gasteiger partial charge in [-0.15, -0.1) is 0 Å². The zero-order chi connectivity index (χ0) is 19.1. The second-order valence-electron chi connectivity index (χ2n) is 5.60. The fourth-order valence-corrected chi connectivity index (χ4v) is 3.26. The second-order valence-corrected chi connectivity index (χ2v) is 7.16. The quantitative estimate of drug-likeness (QED) is 0.731. The van der Waals surface area contributed by atoms with Crippen molar-refractivity contribution in [1.82, 2.24) is 0 Å². The van der Waals surface area contributed by atoms with Gasteiger partial charge in [0.25, 0.3) is 0 Å². The lowest BCUT2D eigenvalue weighted by atomic mass is 10.0. The van der Waals surface area contributed by atoms with Crippen LogP contribution in [0.5, 0.6) is 0 Å². The molecule has 2 aromatic rings. The predicted molar refractivity (Wildman–Crippen MR) is 104 cm³/mol. The summed E-state index contributed by atoms with van der Waals surface area (Å²) in [5.74, 6) is -0.731. The molecule has 0 radical (unpaired) electrons. The van der Waals surface area contributed by atoms with Gasteiger partial charge in [0.1, 0.15) is 0 Å². The van der Waals surface area contributed by atoms with Crippen LogP contribution in [0.25, 0.3) is 0 Å². The summed E-state index contributed by atoms with van der Waals surface area (Å²) in [6, 6.07) is 12.0. The van der Waals surface area contributed by atoms with Gasteiger partial charge in [0.05, 0.1) is 10.6 Å². The van der Waals surface area contributed by atoms with Gasteiger partial charge in [-0.3, -0.25) is 9.59 Å². The van der Waals surface area contributed by atoms with Crippen molar-refractivity contribution in [3.8, 4) is 0 Å². The number of hydrogen-bond donors (Lipinski definition) is 2. The minimum Gasteiger partial charge on any atom is -0.478 e. The molecule has 0 bridgehead atoms. The lowest BCUT2D eigenvalue weighted by molar-refractivity contribution is -0.116. The predicted octanol–water partition coefficient (Wildman–Crippen LogP) is 4.39. The molecule has 0 heterocycles. The molecule has 2 N–H and O–H groups in total. The molecule has 7 heteroatoms. The Morgan fingerprint density at radius 1 is 1.12 bits per heavy atom. The van der Waals surface area contributed by atoms with E-state index in [1.807, 2.05) is 24.3 Å². The number of rotatable bonds is 7. The highest BCUT2D eigenvalue weighted by molar-refractivity contribution is 8.12. The number of carbonyl (C=O) groups is 3. The number of thioether (sulfide) groups is 1. The Bertz CT molecular complexity index is 838. The summed E-state index contributed by atoms with van der Waals surface area (Å²) in [6.07, 6.45) is 0.807. The van der Waals surface area contributed by atoms with Crippen LogP contribution in [-0.2, 0) is 21.8 Å². The highest BCUT2D eigenvalue weighted by Crippen LogP contribution is 2.22. The number of hydrogen-bond acceptors (Lipinski definition) is 4. The summed E-state index contributed by atoms with van der Waals surface area (Å²) in [4.78, 5) is 34.3. The molecule has 0 aliphatic carbocycles. The fraction of sp³-hybridized carbons (Fsp3) is 0.211. The van der Waals surface area contributed by atoms with E-state index in [-0.39, 0.29) is 28.0 Å². The van der Waals surface area contributed by atoms with Crippen molar-refractivity contribution in [3.63, 3.8) is 0 Å². The van der Waals surface area contributed by atoms with E-state index in [0.717, 1.165) is 11.1 Å². The normalized spacial score (nSPS) is 10.4. The molecule has 5 nitrogen and oxygen atoms in total. The van der Waals surface area contributed by atoms with E-state index < -0.39 is 5.97 Å². The molecule has 0 aromatic heterocycles. The van der Waals surface area contributed by atoms with Crippen LogP contribution in [0, 0.1) is 0 Å². The molecule has 0 spiro atoms. The molecule has 2 rings (SSSR count). The average molecular weight is 392 g/mol. The van der Waals surface area contributed by atoms with Crippen LogP contribution in [0.4, 0.5) is 5.69 Å². The Morgan fingerprint density at radius 3 is 2.42 bits per heavy atom. The van der Waals surface area contributed by atoms with Crippen LogP contribution in [-0.4, -0.2) is 22.1 Å². The summed E-state index contributed by atoms with van der Waals surface area (Å²) >= 11 is 7.14. The van der Waals surface area contributed by atoms with Crippen LogP contribution in [0.1, 0.15) is 34.8 Å². The van der Waals surface area contributed by atoms with E-state index in [1.54, 1.807) is 0 Å². The first-order valence-corrected chi connectivity index (χ1v) is 9.26. The van der Waals surface area contributed by atoms with Gasteiger partial charge in [0.2, 0.25) is 5.91 Å². The fourth-order valence-electron chi connectivity index (χ4n) is 2.36. The van der Waals surface area contributed by atoms with Gasteiger partial charge in [-0.25, -0.2) is 4.79 Å². The Morgan fingerprint density at radius 2 is 1.81 bits per heavy atom. The van der Waals surface area contributed by atoms with Gasteiger partial charge in [0, 0.05) is 24.8 Å². The smallest absolute Gasteiger partial charge is 0.337 e. The number of aryl methyl sites for hydroxylation is 1. The maximum Gasteiger partial charge on any atom is 0.337 e. The number of carbonyl (C=O) groups excluding carboxylic acids is 2. The van der Waals surface area contributed by atoms with E-state index in [9.17, 15) is 14.4 Å². The summed E-state index contributed by atoms with van der Waals surface area (Å²) < 4.78 is 0. The Balaban J connectivity index is 1.96. The molecular formula is C19H18ClNO4S. The largest absolute Gasteiger partial charge is 0.478 e. The minimum absolute atomic E-state index is 0.0124. The van der Waals surface area contributed by atoms with Crippen molar-refractivity contribution in [3.05, 3.63) is 64.2 Å². The van der Waals surface area contributed by atoms with Crippen molar-refractivity contribution in [2.24, 2.45) is 0 Å². The molecule has 0 saturated carbocycles. The van der Waals surface area contributed by atoms with Crippen molar-refractivity contribution in [2.75, 3.05) is 5.32 Å². The second kappa shape index (κ2) is 9.40. The number of nitrogens with one attached hydrogen (secondary N) is 1. The number of carboxylic acids is 1. The van der Waals surface area contributed by atoms with Crippen LogP contribution >= 0.6 is 23.4 Å². The Kier molecular flexibility index (Phi) is 7.24. The Hall–Kier alpha value is -2.31. The maximum atomic E-state index is 12.2. The summed E-state index contributed by atoms with van der Waals surface area (Å²) in [6.45, 7) is 1.53. The molecule has 0 aliphatic rings. The van der Waals surface area contributed by atoms with E-state index in [4.69, 9.17) is 16.7 Å². The van der Waals surface area contributed by atoms with Gasteiger partial charge < -0.3 is 10.4 Å². The molecule has 0 atom stereocenters. The SMILES string of the molecule is CC(=O)SCc1ccccc1CCC(=O)Nc1ccc(C(=O)O)c(Cl)c1. The lowest BCUT2D eigenvalue weighted by Gasteiger charge is -2.10. The van der Waals surface area contributed by atoms with Crippen molar-refractivity contribution < 1.29 is 19.5 Å². The van der Waals surface area contributed by atoms with E-state index in [1.165, 1.54) is 36.9 Å². The number of carboxylic acid groups (broad SMARTS) is 1. The van der Waals surface area contributed by atoms with E-state index >= 15 is 0 Å². The molecule has 0 fully saturated rings. The van der Waals surface area contributed by atoms with Gasteiger partial charge >= 0.3 is 5.97 Å². The zero-order valence-corrected chi connectivity index (χ0v) is 15.7. The third kappa shape index (κ3) is 5.89. The first-order valence-electron chi connectivity index (χ1n) is 7.89. The summed E-state index contributed by atoms with van der Waals surface area (Å²) in [7, 11) is 0. The van der Waals surface area contributed by atoms with Gasteiger partial charge in [-0.1, -0.05) is 47.6 Å². The van der Waals surface area contributed by atoms with Crippen molar-refractivity contribution >= 4 is 46.0 Å². The van der Waals surface area contributed by atoms with E-state index in [0.29, 0.717) is 17.9 Å². The average Bonchev–Trinajstić information content (AvgIpc) is 2.58. The first-order chi connectivity index (χ1) is 12.4. The standard InChI is InChI=1S/C19H18ClNO4S/c1-12(22)26-11-14-5-3-2-4-13(14)6-9-18(23)21-15-7-8-16(19(24)25)17(20)10-15/h2-5,7-8,10H,6,9,11H2,1H3,(H,21,23)(H,24,25). The number of aromatic carboxylic acids is 1. The summed E-state index contributed by atoms with van der Waals surface area (Å²) in [5, 5.41) is 11.8. The van der Waals surface area contributed by atoms with E-state index in [2.05, 4.69) is 5.32 Å². The van der Waals surface area contributed by atoms with Crippen LogP contribution < -0.4 is 5.32 Å². The number of halogens is 1.